The molecule has 162 valence electrons. The van der Waals surface area contributed by atoms with Gasteiger partial charge in [0.1, 0.15) is 6.54 Å². The lowest BCUT2D eigenvalue weighted by Crippen LogP contribution is -2.32. The number of aryl methyl sites for hydroxylation is 1. The Bertz CT molecular complexity index is 1270. The van der Waals surface area contributed by atoms with Gasteiger partial charge in [0, 0.05) is 28.8 Å². The van der Waals surface area contributed by atoms with E-state index in [1.807, 2.05) is 42.5 Å². The molecular weight excluding hydrogens is 472 g/mol. The Morgan fingerprint density at radius 1 is 1.03 bits per heavy atom. The van der Waals surface area contributed by atoms with Crippen LogP contribution in [-0.2, 0) is 17.8 Å². The van der Waals surface area contributed by atoms with Gasteiger partial charge in [0.05, 0.1) is 5.56 Å². The summed E-state index contributed by atoms with van der Waals surface area (Å²) < 4.78 is 7.62. The van der Waals surface area contributed by atoms with E-state index in [0.717, 1.165) is 22.9 Å². The van der Waals surface area contributed by atoms with Crippen LogP contribution in [0, 0.1) is 0 Å². The topological polar surface area (TPSA) is 90.0 Å². The molecule has 0 aliphatic carbocycles. The van der Waals surface area contributed by atoms with Crippen LogP contribution in [0.15, 0.2) is 86.7 Å². The normalized spacial score (nSPS) is 10.8. The molecule has 0 aliphatic heterocycles. The summed E-state index contributed by atoms with van der Waals surface area (Å²) >= 11 is 3.42. The lowest BCUT2D eigenvalue weighted by molar-refractivity contribution is -0.121. The molecule has 0 bridgehead atoms. The van der Waals surface area contributed by atoms with Crippen molar-refractivity contribution < 1.29 is 9.32 Å². The summed E-state index contributed by atoms with van der Waals surface area (Å²) in [6.45, 7) is 0.465. The maximum absolute atomic E-state index is 12.3. The maximum Gasteiger partial charge on any atom is 0.259 e. The van der Waals surface area contributed by atoms with Gasteiger partial charge in [-0.3, -0.25) is 9.59 Å². The zero-order valence-corrected chi connectivity index (χ0v) is 18.8. The van der Waals surface area contributed by atoms with E-state index >= 15 is 0 Å². The molecule has 1 amide bonds. The van der Waals surface area contributed by atoms with Gasteiger partial charge in [-0.2, -0.15) is 4.98 Å². The summed E-state index contributed by atoms with van der Waals surface area (Å²) in [5, 5.41) is 6.88. The fourth-order valence-electron chi connectivity index (χ4n) is 3.24. The minimum absolute atomic E-state index is 0.0787. The average Bonchev–Trinajstić information content (AvgIpc) is 3.29. The summed E-state index contributed by atoms with van der Waals surface area (Å²) in [5.41, 5.74) is 2.32. The minimum atomic E-state index is -0.278. The van der Waals surface area contributed by atoms with Crippen LogP contribution in [0.4, 0.5) is 0 Å². The van der Waals surface area contributed by atoms with Crippen LogP contribution in [0.2, 0.25) is 0 Å². The smallest absolute Gasteiger partial charge is 0.259 e. The largest absolute Gasteiger partial charge is 0.355 e. The first-order valence-electron chi connectivity index (χ1n) is 10.2. The third-order valence-electron chi connectivity index (χ3n) is 4.86. The fraction of sp³-hybridized carbons (Fsp3) is 0.167. The van der Waals surface area contributed by atoms with Crippen molar-refractivity contribution in [3.05, 3.63) is 93.3 Å². The minimum Gasteiger partial charge on any atom is -0.355 e. The van der Waals surface area contributed by atoms with Crippen molar-refractivity contribution in [3.8, 4) is 22.8 Å². The number of pyridine rings is 1. The van der Waals surface area contributed by atoms with Gasteiger partial charge in [0.15, 0.2) is 0 Å². The van der Waals surface area contributed by atoms with Crippen molar-refractivity contribution in [2.24, 2.45) is 0 Å². The first-order chi connectivity index (χ1) is 15.6. The Labute approximate surface area is 193 Å². The van der Waals surface area contributed by atoms with E-state index in [0.29, 0.717) is 17.9 Å². The zero-order chi connectivity index (χ0) is 22.3. The molecule has 0 radical (unpaired) electrons. The molecule has 4 aromatic rings. The molecule has 0 unspecified atom stereocenters. The van der Waals surface area contributed by atoms with Crippen LogP contribution >= 0.6 is 15.9 Å². The molecule has 8 heteroatoms. The molecular formula is C24H21BrN4O3. The highest BCUT2D eigenvalue weighted by Crippen LogP contribution is 2.23. The van der Waals surface area contributed by atoms with E-state index in [1.54, 1.807) is 12.3 Å². The van der Waals surface area contributed by atoms with E-state index in [9.17, 15) is 9.59 Å². The van der Waals surface area contributed by atoms with E-state index < -0.39 is 0 Å². The predicted octanol–water partition coefficient (Wildman–Crippen LogP) is 4.08. The highest BCUT2D eigenvalue weighted by molar-refractivity contribution is 9.10. The van der Waals surface area contributed by atoms with Crippen LogP contribution in [-0.4, -0.2) is 27.2 Å². The standard InChI is InChI=1S/C24H21BrN4O3/c25-20-10-4-9-18(14-20)23-27-24(32-28-23)19-11-12-22(31)29(15-19)16-21(30)26-13-5-8-17-6-2-1-3-7-17/h1-4,6-7,9-12,14-15H,5,8,13,16H2,(H,26,30). The van der Waals surface area contributed by atoms with Crippen LogP contribution in [0.25, 0.3) is 22.8 Å². The number of hydrogen-bond donors (Lipinski definition) is 1. The highest BCUT2D eigenvalue weighted by Gasteiger charge is 2.13. The van der Waals surface area contributed by atoms with E-state index in [4.69, 9.17) is 4.52 Å². The Balaban J connectivity index is 1.38. The number of halogens is 1. The molecule has 2 heterocycles. The zero-order valence-electron chi connectivity index (χ0n) is 17.2. The number of carbonyl (C=O) groups is 1. The monoisotopic (exact) mass is 492 g/mol. The maximum atomic E-state index is 12.3. The molecule has 0 aliphatic rings. The summed E-state index contributed by atoms with van der Waals surface area (Å²) in [6.07, 6.45) is 3.27. The lowest BCUT2D eigenvalue weighted by Gasteiger charge is -2.08. The third-order valence-corrected chi connectivity index (χ3v) is 5.35. The molecule has 0 spiro atoms. The second-order valence-electron chi connectivity index (χ2n) is 7.26. The summed E-state index contributed by atoms with van der Waals surface area (Å²) in [5.74, 6) is 0.491. The molecule has 7 nitrogen and oxygen atoms in total. The number of nitrogens with one attached hydrogen (secondary N) is 1. The SMILES string of the molecule is O=C(Cn1cc(-c2nc(-c3cccc(Br)c3)no2)ccc1=O)NCCCc1ccccc1. The third kappa shape index (κ3) is 5.59. The number of carbonyl (C=O) groups excluding carboxylic acids is 1. The lowest BCUT2D eigenvalue weighted by atomic mass is 10.1. The Kier molecular flexibility index (Phi) is 6.91. The second-order valence-corrected chi connectivity index (χ2v) is 8.17. The van der Waals surface area contributed by atoms with Crippen LogP contribution < -0.4 is 10.9 Å². The van der Waals surface area contributed by atoms with Crippen LogP contribution in [0.5, 0.6) is 0 Å². The molecule has 0 fully saturated rings. The predicted molar refractivity (Wildman–Crippen MR) is 125 cm³/mol. The molecule has 32 heavy (non-hydrogen) atoms. The van der Waals surface area contributed by atoms with Gasteiger partial charge < -0.3 is 14.4 Å². The van der Waals surface area contributed by atoms with Crippen molar-refractivity contribution >= 4 is 21.8 Å². The Morgan fingerprint density at radius 2 is 1.88 bits per heavy atom. The van der Waals surface area contributed by atoms with E-state index in [-0.39, 0.29) is 23.9 Å². The highest BCUT2D eigenvalue weighted by atomic mass is 79.9. The summed E-state index contributed by atoms with van der Waals surface area (Å²) in [6, 6.07) is 20.7. The van der Waals surface area contributed by atoms with Crippen molar-refractivity contribution in [2.45, 2.75) is 19.4 Å². The van der Waals surface area contributed by atoms with Gasteiger partial charge in [-0.05, 0) is 36.6 Å². The molecule has 2 aromatic carbocycles. The average molecular weight is 493 g/mol. The van der Waals surface area contributed by atoms with Gasteiger partial charge in [-0.25, -0.2) is 0 Å². The number of benzene rings is 2. The van der Waals surface area contributed by atoms with Gasteiger partial charge in [-0.15, -0.1) is 0 Å². The van der Waals surface area contributed by atoms with Crippen molar-refractivity contribution in [1.29, 1.82) is 0 Å². The van der Waals surface area contributed by atoms with Gasteiger partial charge in [0.25, 0.3) is 11.4 Å². The Hall–Kier alpha value is -3.52. The second kappa shape index (κ2) is 10.2. The summed E-state index contributed by atoms with van der Waals surface area (Å²) in [7, 11) is 0. The van der Waals surface area contributed by atoms with E-state index in [2.05, 4.69) is 43.5 Å². The quantitative estimate of drug-likeness (QED) is 0.374. The number of nitrogens with zero attached hydrogens (tertiary/aromatic N) is 3. The first-order valence-corrected chi connectivity index (χ1v) is 11.0. The summed E-state index contributed by atoms with van der Waals surface area (Å²) in [4.78, 5) is 29.0. The number of rotatable bonds is 8. The molecule has 0 atom stereocenters. The van der Waals surface area contributed by atoms with Crippen molar-refractivity contribution in [2.75, 3.05) is 6.54 Å². The first kappa shape index (κ1) is 21.7. The van der Waals surface area contributed by atoms with Crippen LogP contribution in [0.3, 0.4) is 0 Å². The van der Waals surface area contributed by atoms with Gasteiger partial charge in [-0.1, -0.05) is 63.6 Å². The van der Waals surface area contributed by atoms with Crippen molar-refractivity contribution in [3.63, 3.8) is 0 Å². The molecule has 0 saturated carbocycles. The van der Waals surface area contributed by atoms with E-state index in [1.165, 1.54) is 16.2 Å². The molecule has 1 N–H and O–H groups in total. The number of aromatic nitrogens is 3. The molecule has 4 rings (SSSR count). The number of amides is 1. The van der Waals surface area contributed by atoms with Gasteiger partial charge in [0.2, 0.25) is 11.7 Å². The fourth-order valence-corrected chi connectivity index (χ4v) is 3.64. The van der Waals surface area contributed by atoms with Gasteiger partial charge >= 0.3 is 0 Å². The van der Waals surface area contributed by atoms with Crippen LogP contribution in [0.1, 0.15) is 12.0 Å². The molecule has 2 aromatic heterocycles. The van der Waals surface area contributed by atoms with Crippen molar-refractivity contribution in [1.82, 2.24) is 20.0 Å². The molecule has 0 saturated heterocycles. The number of hydrogen-bond acceptors (Lipinski definition) is 5. The Morgan fingerprint density at radius 3 is 2.69 bits per heavy atom.